The van der Waals surface area contributed by atoms with Crippen molar-refractivity contribution in [2.24, 2.45) is 7.05 Å². The Morgan fingerprint density at radius 1 is 1.50 bits per heavy atom. The SMILES string of the molecule is CC(Nc1cnn(C)c1)C(=O)NC(C)(C)C. The van der Waals surface area contributed by atoms with E-state index >= 15 is 0 Å². The largest absolute Gasteiger partial charge is 0.371 e. The molecule has 1 heterocycles. The first kappa shape index (κ1) is 12.5. The highest BCUT2D eigenvalue weighted by Gasteiger charge is 2.19. The lowest BCUT2D eigenvalue weighted by Gasteiger charge is -2.23. The average Bonchev–Trinajstić information content (AvgIpc) is 2.48. The molecule has 0 aliphatic carbocycles. The molecule has 16 heavy (non-hydrogen) atoms. The van der Waals surface area contributed by atoms with Gasteiger partial charge in [0, 0.05) is 18.8 Å². The van der Waals surface area contributed by atoms with Crippen LogP contribution in [0.4, 0.5) is 5.69 Å². The van der Waals surface area contributed by atoms with Crippen LogP contribution in [0.25, 0.3) is 0 Å². The number of nitrogens with zero attached hydrogens (tertiary/aromatic N) is 2. The highest BCUT2D eigenvalue weighted by Crippen LogP contribution is 2.07. The predicted molar refractivity (Wildman–Crippen MR) is 64.2 cm³/mol. The van der Waals surface area contributed by atoms with E-state index in [1.165, 1.54) is 0 Å². The van der Waals surface area contributed by atoms with Gasteiger partial charge in [0.1, 0.15) is 6.04 Å². The molecule has 0 aromatic carbocycles. The molecule has 0 radical (unpaired) electrons. The van der Waals surface area contributed by atoms with Crippen molar-refractivity contribution in [3.05, 3.63) is 12.4 Å². The van der Waals surface area contributed by atoms with Crippen LogP contribution < -0.4 is 10.6 Å². The highest BCUT2D eigenvalue weighted by atomic mass is 16.2. The molecule has 1 amide bonds. The van der Waals surface area contributed by atoms with Crippen molar-refractivity contribution in [2.45, 2.75) is 39.3 Å². The minimum Gasteiger partial charge on any atom is -0.371 e. The summed E-state index contributed by atoms with van der Waals surface area (Å²) in [5, 5.41) is 10.0. The summed E-state index contributed by atoms with van der Waals surface area (Å²) in [7, 11) is 1.84. The fraction of sp³-hybridized carbons (Fsp3) is 0.636. The van der Waals surface area contributed by atoms with Gasteiger partial charge in [-0.3, -0.25) is 9.48 Å². The molecule has 0 aliphatic rings. The lowest BCUT2D eigenvalue weighted by molar-refractivity contribution is -0.122. The topological polar surface area (TPSA) is 59.0 Å². The quantitative estimate of drug-likeness (QED) is 0.809. The number of rotatable bonds is 3. The Kier molecular flexibility index (Phi) is 3.57. The molecule has 5 heteroatoms. The monoisotopic (exact) mass is 224 g/mol. The summed E-state index contributed by atoms with van der Waals surface area (Å²) in [6.07, 6.45) is 3.53. The van der Waals surface area contributed by atoms with Crippen LogP contribution in [0.5, 0.6) is 0 Å². The second-order valence-corrected chi connectivity index (χ2v) is 5.01. The van der Waals surface area contributed by atoms with Gasteiger partial charge < -0.3 is 10.6 Å². The van der Waals surface area contributed by atoms with Crippen LogP contribution in [0.3, 0.4) is 0 Å². The molecule has 0 aliphatic heterocycles. The fourth-order valence-corrected chi connectivity index (χ4v) is 1.29. The maximum Gasteiger partial charge on any atom is 0.242 e. The maximum atomic E-state index is 11.8. The molecular weight excluding hydrogens is 204 g/mol. The number of hydrogen-bond donors (Lipinski definition) is 2. The van der Waals surface area contributed by atoms with Crippen molar-refractivity contribution in [2.75, 3.05) is 5.32 Å². The number of carbonyl (C=O) groups is 1. The molecule has 0 spiro atoms. The van der Waals surface area contributed by atoms with Crippen LogP contribution in [-0.4, -0.2) is 27.3 Å². The molecule has 1 aromatic heterocycles. The van der Waals surface area contributed by atoms with Gasteiger partial charge >= 0.3 is 0 Å². The Morgan fingerprint density at radius 2 is 2.12 bits per heavy atom. The van der Waals surface area contributed by atoms with E-state index in [4.69, 9.17) is 0 Å². The third kappa shape index (κ3) is 3.92. The van der Waals surface area contributed by atoms with Gasteiger partial charge in [0.15, 0.2) is 0 Å². The molecule has 0 saturated heterocycles. The summed E-state index contributed by atoms with van der Waals surface area (Å²) in [4.78, 5) is 11.8. The van der Waals surface area contributed by atoms with Crippen LogP contribution in [-0.2, 0) is 11.8 Å². The van der Waals surface area contributed by atoms with Gasteiger partial charge in [0.05, 0.1) is 11.9 Å². The van der Waals surface area contributed by atoms with Crippen LogP contribution >= 0.6 is 0 Å². The van der Waals surface area contributed by atoms with Crippen LogP contribution in [0.1, 0.15) is 27.7 Å². The van der Waals surface area contributed by atoms with Crippen molar-refractivity contribution in [1.82, 2.24) is 15.1 Å². The summed E-state index contributed by atoms with van der Waals surface area (Å²) < 4.78 is 1.69. The Labute approximate surface area is 96.2 Å². The number of aromatic nitrogens is 2. The molecule has 5 nitrogen and oxygen atoms in total. The Morgan fingerprint density at radius 3 is 2.56 bits per heavy atom. The zero-order valence-corrected chi connectivity index (χ0v) is 10.5. The summed E-state index contributed by atoms with van der Waals surface area (Å²) in [5.74, 6) is -0.0173. The van der Waals surface area contributed by atoms with Crippen LogP contribution in [0.2, 0.25) is 0 Å². The van der Waals surface area contributed by atoms with Crippen molar-refractivity contribution in [3.63, 3.8) is 0 Å². The molecule has 90 valence electrons. The number of aryl methyl sites for hydroxylation is 1. The van der Waals surface area contributed by atoms with Crippen LogP contribution in [0.15, 0.2) is 12.4 Å². The first-order valence-corrected chi connectivity index (χ1v) is 5.35. The number of anilines is 1. The smallest absolute Gasteiger partial charge is 0.242 e. The lowest BCUT2D eigenvalue weighted by Crippen LogP contribution is -2.47. The molecular formula is C11H20N4O. The first-order valence-electron chi connectivity index (χ1n) is 5.35. The molecule has 1 atom stereocenters. The van der Waals surface area contributed by atoms with E-state index in [1.807, 2.05) is 40.9 Å². The summed E-state index contributed by atoms with van der Waals surface area (Å²) in [5.41, 5.74) is 0.640. The van der Waals surface area contributed by atoms with E-state index in [0.29, 0.717) is 0 Å². The number of amides is 1. The van der Waals surface area contributed by atoms with E-state index in [1.54, 1.807) is 10.9 Å². The van der Waals surface area contributed by atoms with Gasteiger partial charge in [0.25, 0.3) is 0 Å². The van der Waals surface area contributed by atoms with Gasteiger partial charge in [-0.15, -0.1) is 0 Å². The molecule has 1 aromatic rings. The molecule has 0 bridgehead atoms. The second-order valence-electron chi connectivity index (χ2n) is 5.01. The number of carbonyl (C=O) groups excluding carboxylic acids is 1. The van der Waals surface area contributed by atoms with Crippen molar-refractivity contribution >= 4 is 11.6 Å². The minimum atomic E-state index is -0.275. The normalized spacial score (nSPS) is 13.3. The maximum absolute atomic E-state index is 11.8. The predicted octanol–water partition coefficient (Wildman–Crippen LogP) is 1.14. The average molecular weight is 224 g/mol. The van der Waals surface area contributed by atoms with Crippen LogP contribution in [0, 0.1) is 0 Å². The van der Waals surface area contributed by atoms with E-state index in [9.17, 15) is 4.79 Å². The Balaban J connectivity index is 2.52. The van der Waals surface area contributed by atoms with Gasteiger partial charge in [-0.05, 0) is 27.7 Å². The standard InChI is InChI=1S/C11H20N4O/c1-8(10(16)14-11(2,3)4)13-9-6-12-15(5)7-9/h6-8,13H,1-5H3,(H,14,16). The van der Waals surface area contributed by atoms with E-state index < -0.39 is 0 Å². The van der Waals surface area contributed by atoms with Crippen molar-refractivity contribution in [3.8, 4) is 0 Å². The fourth-order valence-electron chi connectivity index (χ4n) is 1.29. The van der Waals surface area contributed by atoms with E-state index in [0.717, 1.165) is 5.69 Å². The van der Waals surface area contributed by atoms with Crippen molar-refractivity contribution in [1.29, 1.82) is 0 Å². The number of nitrogens with one attached hydrogen (secondary N) is 2. The lowest BCUT2D eigenvalue weighted by atomic mass is 10.1. The molecule has 0 saturated carbocycles. The Hall–Kier alpha value is -1.52. The summed E-state index contributed by atoms with van der Waals surface area (Å²) in [6, 6.07) is -0.275. The van der Waals surface area contributed by atoms with Gasteiger partial charge in [-0.25, -0.2) is 0 Å². The first-order chi connectivity index (χ1) is 7.28. The molecule has 2 N–H and O–H groups in total. The van der Waals surface area contributed by atoms with E-state index in [2.05, 4.69) is 15.7 Å². The van der Waals surface area contributed by atoms with Gasteiger partial charge in [-0.1, -0.05) is 0 Å². The minimum absolute atomic E-state index is 0.0173. The second kappa shape index (κ2) is 4.55. The van der Waals surface area contributed by atoms with E-state index in [-0.39, 0.29) is 17.5 Å². The molecule has 0 fully saturated rings. The molecule has 1 unspecified atom stereocenters. The van der Waals surface area contributed by atoms with Gasteiger partial charge in [0.2, 0.25) is 5.91 Å². The third-order valence-electron chi connectivity index (χ3n) is 1.98. The van der Waals surface area contributed by atoms with Gasteiger partial charge in [-0.2, -0.15) is 5.10 Å². The highest BCUT2D eigenvalue weighted by molar-refractivity contribution is 5.84. The van der Waals surface area contributed by atoms with Crippen molar-refractivity contribution < 1.29 is 4.79 Å². The summed E-state index contributed by atoms with van der Waals surface area (Å²) >= 11 is 0. The summed E-state index contributed by atoms with van der Waals surface area (Å²) in [6.45, 7) is 7.71. The zero-order valence-electron chi connectivity index (χ0n) is 10.5. The molecule has 1 rings (SSSR count). The number of hydrogen-bond acceptors (Lipinski definition) is 3. The third-order valence-corrected chi connectivity index (χ3v) is 1.98. The Bertz CT molecular complexity index is 364. The zero-order chi connectivity index (χ0) is 12.3.